The molecule has 2 aromatic heterocycles. The highest BCUT2D eigenvalue weighted by Crippen LogP contribution is 2.22. The van der Waals surface area contributed by atoms with Gasteiger partial charge in [0.2, 0.25) is 5.88 Å². The van der Waals surface area contributed by atoms with Crippen molar-refractivity contribution in [2.45, 2.75) is 0 Å². The molecule has 0 radical (unpaired) electrons. The lowest BCUT2D eigenvalue weighted by molar-refractivity contribution is 0.0997. The average molecular weight is 393 g/mol. The molecule has 4 aromatic rings. The first-order valence-electron chi connectivity index (χ1n) is 8.32. The van der Waals surface area contributed by atoms with Gasteiger partial charge in [0.1, 0.15) is 11.3 Å². The van der Waals surface area contributed by atoms with Crippen molar-refractivity contribution in [3.05, 3.63) is 93.9 Å². The largest absolute Gasteiger partial charge is 0.451 e. The Morgan fingerprint density at radius 3 is 2.57 bits per heavy atom. The number of para-hydroxylation sites is 1. The van der Waals surface area contributed by atoms with Gasteiger partial charge in [0.05, 0.1) is 17.3 Å². The molecule has 0 aliphatic heterocycles. The van der Waals surface area contributed by atoms with Gasteiger partial charge in [-0.25, -0.2) is 4.98 Å². The van der Waals surface area contributed by atoms with E-state index in [9.17, 15) is 9.59 Å². The molecule has 0 unspecified atom stereocenters. The average Bonchev–Trinajstić information content (AvgIpc) is 2.71. The predicted molar refractivity (Wildman–Crippen MR) is 106 cm³/mol. The zero-order chi connectivity index (χ0) is 19.5. The van der Waals surface area contributed by atoms with Crippen LogP contribution in [0.25, 0.3) is 11.0 Å². The molecule has 4 rings (SSSR count). The molecule has 6 nitrogen and oxygen atoms in total. The maximum Gasteiger partial charge on any atom is 0.291 e. The summed E-state index contributed by atoms with van der Waals surface area (Å²) in [5, 5.41) is 3.67. The maximum atomic E-state index is 12.4. The Morgan fingerprint density at radius 2 is 1.82 bits per heavy atom. The van der Waals surface area contributed by atoms with Crippen molar-refractivity contribution in [2.24, 2.45) is 0 Å². The number of amides is 1. The van der Waals surface area contributed by atoms with Crippen molar-refractivity contribution in [2.75, 3.05) is 5.32 Å². The van der Waals surface area contributed by atoms with Crippen LogP contribution >= 0.6 is 11.6 Å². The van der Waals surface area contributed by atoms with E-state index >= 15 is 0 Å². The van der Waals surface area contributed by atoms with E-state index in [-0.39, 0.29) is 11.2 Å². The van der Waals surface area contributed by atoms with Crippen molar-refractivity contribution in [1.82, 2.24) is 4.98 Å². The number of halogens is 1. The number of anilines is 1. The molecule has 2 aromatic carbocycles. The Hall–Kier alpha value is -3.64. The first-order valence-corrected chi connectivity index (χ1v) is 8.70. The lowest BCUT2D eigenvalue weighted by Crippen LogP contribution is -2.15. The molecule has 138 valence electrons. The van der Waals surface area contributed by atoms with Gasteiger partial charge >= 0.3 is 0 Å². The van der Waals surface area contributed by atoms with Gasteiger partial charge in [-0.3, -0.25) is 9.59 Å². The molecule has 28 heavy (non-hydrogen) atoms. The second kappa shape index (κ2) is 7.54. The number of benzene rings is 2. The predicted octanol–water partition coefficient (Wildman–Crippen LogP) is 4.89. The van der Waals surface area contributed by atoms with Crippen LogP contribution in [0.3, 0.4) is 0 Å². The van der Waals surface area contributed by atoms with Gasteiger partial charge in [-0.05, 0) is 42.5 Å². The number of fused-ring (bicyclic) bond motifs is 1. The monoisotopic (exact) mass is 392 g/mol. The molecule has 0 fully saturated rings. The number of carbonyl (C=O) groups excluding carboxylic acids is 1. The molecule has 0 spiro atoms. The van der Waals surface area contributed by atoms with Gasteiger partial charge in [-0.2, -0.15) is 0 Å². The fourth-order valence-corrected chi connectivity index (χ4v) is 2.67. The second-order valence-corrected chi connectivity index (χ2v) is 6.30. The molecule has 2 heterocycles. The summed E-state index contributed by atoms with van der Waals surface area (Å²) in [6.07, 6.45) is 1.45. The first-order chi connectivity index (χ1) is 13.6. The fraction of sp³-hybridized carbons (Fsp3) is 0. The molecule has 0 aliphatic carbocycles. The van der Waals surface area contributed by atoms with E-state index in [1.54, 1.807) is 60.7 Å². The van der Waals surface area contributed by atoms with E-state index in [2.05, 4.69) is 10.3 Å². The van der Waals surface area contributed by atoms with Crippen molar-refractivity contribution < 1.29 is 13.9 Å². The standard InChI is InChI=1S/C21H13ClN2O4/c22-13-5-8-15(9-6-13)27-20-10-7-14(12-23-20)24-21(26)19-11-17(25)16-3-1-2-4-18(16)28-19/h1-12H,(H,24,26). The van der Waals surface area contributed by atoms with Gasteiger partial charge in [0.15, 0.2) is 11.2 Å². The number of nitrogens with zero attached hydrogens (tertiary/aromatic N) is 1. The summed E-state index contributed by atoms with van der Waals surface area (Å²) in [7, 11) is 0. The zero-order valence-electron chi connectivity index (χ0n) is 14.4. The Kier molecular flexibility index (Phi) is 4.78. The minimum absolute atomic E-state index is 0.0785. The molecule has 0 saturated carbocycles. The molecule has 0 saturated heterocycles. The molecule has 1 amide bonds. The highest BCUT2D eigenvalue weighted by atomic mass is 35.5. The minimum atomic E-state index is -0.545. The summed E-state index contributed by atoms with van der Waals surface area (Å²) in [6.45, 7) is 0. The van der Waals surface area contributed by atoms with Crippen LogP contribution in [0.4, 0.5) is 5.69 Å². The van der Waals surface area contributed by atoms with Crippen LogP contribution in [0.15, 0.2) is 82.1 Å². The third-order valence-electron chi connectivity index (χ3n) is 3.89. The van der Waals surface area contributed by atoms with E-state index in [1.807, 2.05) is 0 Å². The van der Waals surface area contributed by atoms with Crippen LogP contribution in [-0.2, 0) is 0 Å². The summed E-state index contributed by atoms with van der Waals surface area (Å²) in [5.74, 6) is 0.324. The number of carbonyl (C=O) groups is 1. The summed E-state index contributed by atoms with van der Waals surface area (Å²) in [6, 6.07) is 18.0. The third kappa shape index (κ3) is 3.87. The minimum Gasteiger partial charge on any atom is -0.451 e. The summed E-state index contributed by atoms with van der Waals surface area (Å²) in [5.41, 5.74) is 0.506. The van der Waals surface area contributed by atoms with E-state index in [0.717, 1.165) is 0 Å². The van der Waals surface area contributed by atoms with Crippen molar-refractivity contribution >= 4 is 34.2 Å². The first kappa shape index (κ1) is 17.8. The quantitative estimate of drug-likeness (QED) is 0.535. The SMILES string of the molecule is O=C(Nc1ccc(Oc2ccc(Cl)cc2)nc1)c1cc(=O)c2ccccc2o1. The van der Waals surface area contributed by atoms with E-state index in [0.29, 0.717) is 33.3 Å². The number of hydrogen-bond acceptors (Lipinski definition) is 5. The Morgan fingerprint density at radius 1 is 1.04 bits per heavy atom. The Balaban J connectivity index is 1.49. The molecular weight excluding hydrogens is 380 g/mol. The number of hydrogen-bond donors (Lipinski definition) is 1. The van der Waals surface area contributed by atoms with E-state index in [1.165, 1.54) is 12.3 Å². The lowest BCUT2D eigenvalue weighted by Gasteiger charge is -2.07. The van der Waals surface area contributed by atoms with Gasteiger partial charge in [0.25, 0.3) is 5.91 Å². The zero-order valence-corrected chi connectivity index (χ0v) is 15.1. The smallest absolute Gasteiger partial charge is 0.291 e. The van der Waals surface area contributed by atoms with Crippen molar-refractivity contribution in [3.63, 3.8) is 0 Å². The molecule has 0 atom stereocenters. The van der Waals surface area contributed by atoms with Gasteiger partial charge < -0.3 is 14.5 Å². The van der Waals surface area contributed by atoms with Gasteiger partial charge in [-0.15, -0.1) is 0 Å². The number of aromatic nitrogens is 1. The molecular formula is C21H13ClN2O4. The van der Waals surface area contributed by atoms with Gasteiger partial charge in [-0.1, -0.05) is 23.7 Å². The highest BCUT2D eigenvalue weighted by molar-refractivity contribution is 6.30. The third-order valence-corrected chi connectivity index (χ3v) is 4.14. The normalized spacial score (nSPS) is 10.6. The van der Waals surface area contributed by atoms with Crippen LogP contribution in [0, 0.1) is 0 Å². The second-order valence-electron chi connectivity index (χ2n) is 5.87. The topological polar surface area (TPSA) is 81.4 Å². The summed E-state index contributed by atoms with van der Waals surface area (Å²) >= 11 is 5.84. The number of pyridine rings is 1. The Bertz CT molecular complexity index is 1200. The maximum absolute atomic E-state index is 12.4. The summed E-state index contributed by atoms with van der Waals surface area (Å²) in [4.78, 5) is 28.7. The van der Waals surface area contributed by atoms with Crippen LogP contribution in [0.1, 0.15) is 10.6 Å². The fourth-order valence-electron chi connectivity index (χ4n) is 2.55. The number of rotatable bonds is 4. The van der Waals surface area contributed by atoms with Crippen molar-refractivity contribution in [3.8, 4) is 11.6 Å². The molecule has 0 aliphatic rings. The van der Waals surface area contributed by atoms with Crippen LogP contribution in [0.2, 0.25) is 5.02 Å². The number of ether oxygens (including phenoxy) is 1. The number of nitrogens with one attached hydrogen (secondary N) is 1. The van der Waals surface area contributed by atoms with Crippen LogP contribution < -0.4 is 15.5 Å². The molecule has 0 bridgehead atoms. The van der Waals surface area contributed by atoms with E-state index in [4.69, 9.17) is 20.8 Å². The van der Waals surface area contributed by atoms with Gasteiger partial charge in [0, 0.05) is 17.2 Å². The Labute approximate surface area is 164 Å². The lowest BCUT2D eigenvalue weighted by atomic mass is 10.2. The molecule has 1 N–H and O–H groups in total. The van der Waals surface area contributed by atoms with E-state index < -0.39 is 5.91 Å². The summed E-state index contributed by atoms with van der Waals surface area (Å²) < 4.78 is 11.1. The highest BCUT2D eigenvalue weighted by Gasteiger charge is 2.13. The van der Waals surface area contributed by atoms with Crippen LogP contribution in [-0.4, -0.2) is 10.9 Å². The molecule has 7 heteroatoms. The van der Waals surface area contributed by atoms with Crippen molar-refractivity contribution in [1.29, 1.82) is 0 Å². The van der Waals surface area contributed by atoms with Crippen LogP contribution in [0.5, 0.6) is 11.6 Å².